The van der Waals surface area contributed by atoms with Crippen molar-refractivity contribution >= 4 is 13.8 Å². The monoisotopic (exact) mass is 354 g/mol. The van der Waals surface area contributed by atoms with Gasteiger partial charge in [0.25, 0.3) is 0 Å². The zero-order valence-electron chi connectivity index (χ0n) is 14.7. The van der Waals surface area contributed by atoms with Gasteiger partial charge in [0, 0.05) is 5.56 Å². The number of aromatic carboxylic acids is 1. The molecule has 23 heavy (non-hydrogen) atoms. The second kappa shape index (κ2) is 8.77. The van der Waals surface area contributed by atoms with Crippen molar-refractivity contribution in [3.05, 3.63) is 34.9 Å². The van der Waals surface area contributed by atoms with E-state index in [1.807, 2.05) is 32.9 Å². The molecule has 1 aromatic rings. The predicted octanol–water partition coefficient (Wildman–Crippen LogP) is -1.28. The van der Waals surface area contributed by atoms with E-state index < -0.39 is 13.8 Å². The van der Waals surface area contributed by atoms with Gasteiger partial charge < -0.3 is 24.6 Å². The van der Waals surface area contributed by atoms with Crippen molar-refractivity contribution in [3.8, 4) is 0 Å². The molecule has 0 saturated heterocycles. The first-order chi connectivity index (χ1) is 9.53. The molecule has 0 aromatic heterocycles. The van der Waals surface area contributed by atoms with Crippen LogP contribution in [0.3, 0.4) is 0 Å². The molecule has 8 heteroatoms. The molecule has 0 aliphatic rings. The molecule has 0 aliphatic heterocycles. The number of hydrogen-bond acceptors (Lipinski definition) is 3. The van der Waals surface area contributed by atoms with Crippen LogP contribution in [-0.2, 0) is 15.4 Å². The third-order valence-electron chi connectivity index (χ3n) is 2.91. The molecule has 0 aliphatic carbocycles. The molecule has 0 saturated carbocycles. The summed E-state index contributed by atoms with van der Waals surface area (Å²) in [6, 6.07) is 5.53. The van der Waals surface area contributed by atoms with Gasteiger partial charge in [-0.25, -0.2) is 4.57 Å². The summed E-state index contributed by atoms with van der Waals surface area (Å²) >= 11 is 0. The fraction of sp³-hybridized carbons (Fsp3) is 0.533. The Hall–Kier alpha value is -0.200. The molecule has 0 fully saturated rings. The summed E-state index contributed by atoms with van der Waals surface area (Å²) in [5, 5.41) is 11.1. The Labute approximate surface area is 159 Å². The van der Waals surface area contributed by atoms with Crippen LogP contribution in [0.2, 0.25) is 0 Å². The summed E-state index contributed by atoms with van der Waals surface area (Å²) in [5.74, 6) is -1.10. The van der Waals surface area contributed by atoms with E-state index in [4.69, 9.17) is 19.2 Å². The standard InChI is InChI=1S/C15H22O2.Na.H3O4P/c1-14(2,3)10-7-8-11(13(16)17)12(9-10)15(4,5)6;;1-5(2,3)4/h7-9H,1-6H3,(H,16,17);;(H3,1,2,3,4)/q;+1;/p-1. The molecule has 126 valence electrons. The molecule has 6 nitrogen and oxygen atoms in total. The average molecular weight is 354 g/mol. The Bertz CT molecular complexity index is 572. The molecule has 0 amide bonds. The SMILES string of the molecule is CC(C)(C)c1ccc(C(=O)[O-])c(C(C)(C)C)c1.O=P(O)(O)O.[Na+]. The maximum absolute atomic E-state index is 11.1. The molecule has 3 N–H and O–H groups in total. The normalized spacial score (nSPS) is 11.9. The smallest absolute Gasteiger partial charge is 0.545 e. The van der Waals surface area contributed by atoms with Crippen LogP contribution in [0.1, 0.15) is 63.0 Å². The number of carbonyl (C=O) groups is 1. The molecular formula is C15H24NaO6P. The first kappa shape index (κ1) is 25.0. The number of carbonyl (C=O) groups excluding carboxylic acids is 1. The second-order valence-electron chi connectivity index (χ2n) is 7.06. The fourth-order valence-electron chi connectivity index (χ4n) is 1.81. The molecule has 0 radical (unpaired) electrons. The molecular weight excluding hydrogens is 330 g/mol. The van der Waals surface area contributed by atoms with E-state index in [2.05, 4.69) is 20.8 Å². The van der Waals surface area contributed by atoms with E-state index >= 15 is 0 Å². The van der Waals surface area contributed by atoms with Crippen LogP contribution in [0, 0.1) is 0 Å². The number of phosphoric acid groups is 1. The van der Waals surface area contributed by atoms with E-state index in [0.717, 1.165) is 11.1 Å². The molecule has 1 rings (SSSR count). The van der Waals surface area contributed by atoms with Gasteiger partial charge in [-0.2, -0.15) is 0 Å². The van der Waals surface area contributed by atoms with E-state index in [0.29, 0.717) is 5.56 Å². The van der Waals surface area contributed by atoms with Crippen LogP contribution in [0.5, 0.6) is 0 Å². The van der Waals surface area contributed by atoms with Gasteiger partial charge in [-0.15, -0.1) is 0 Å². The van der Waals surface area contributed by atoms with Crippen molar-refractivity contribution in [1.29, 1.82) is 0 Å². The maximum Gasteiger partial charge on any atom is 1.00 e. The first-order valence-electron chi connectivity index (χ1n) is 6.68. The van der Waals surface area contributed by atoms with Crippen LogP contribution >= 0.6 is 7.82 Å². The van der Waals surface area contributed by atoms with Crippen molar-refractivity contribution in [2.75, 3.05) is 0 Å². The topological polar surface area (TPSA) is 118 Å². The Morgan fingerprint density at radius 1 is 1.00 bits per heavy atom. The number of rotatable bonds is 1. The fourth-order valence-corrected chi connectivity index (χ4v) is 1.81. The molecule has 0 bridgehead atoms. The average Bonchev–Trinajstić information content (AvgIpc) is 2.23. The van der Waals surface area contributed by atoms with Crippen LogP contribution in [0.25, 0.3) is 0 Å². The van der Waals surface area contributed by atoms with Crippen molar-refractivity contribution in [1.82, 2.24) is 0 Å². The van der Waals surface area contributed by atoms with Gasteiger partial charge >= 0.3 is 37.4 Å². The van der Waals surface area contributed by atoms with Crippen LogP contribution in [-0.4, -0.2) is 20.6 Å². The van der Waals surface area contributed by atoms with Crippen LogP contribution < -0.4 is 34.7 Å². The third-order valence-corrected chi connectivity index (χ3v) is 2.91. The summed E-state index contributed by atoms with van der Waals surface area (Å²) in [4.78, 5) is 32.7. The molecule has 0 heterocycles. The van der Waals surface area contributed by atoms with Gasteiger partial charge in [-0.1, -0.05) is 59.7 Å². The Balaban J connectivity index is 0. The third kappa shape index (κ3) is 10.3. The van der Waals surface area contributed by atoms with Crippen LogP contribution in [0.4, 0.5) is 0 Å². The Morgan fingerprint density at radius 2 is 1.39 bits per heavy atom. The van der Waals surface area contributed by atoms with Crippen LogP contribution in [0.15, 0.2) is 18.2 Å². The molecule has 0 spiro atoms. The second-order valence-corrected chi connectivity index (χ2v) is 8.09. The van der Waals surface area contributed by atoms with E-state index in [9.17, 15) is 9.90 Å². The van der Waals surface area contributed by atoms with Crippen molar-refractivity contribution in [2.24, 2.45) is 0 Å². The van der Waals surface area contributed by atoms with Gasteiger partial charge in [0.05, 0.1) is 5.97 Å². The van der Waals surface area contributed by atoms with Gasteiger partial charge in [-0.3, -0.25) is 0 Å². The van der Waals surface area contributed by atoms with E-state index in [-0.39, 0.29) is 40.4 Å². The largest absolute Gasteiger partial charge is 1.00 e. The minimum absolute atomic E-state index is 0. The number of carboxylic acids is 1. The minimum atomic E-state index is -4.64. The maximum atomic E-state index is 11.1. The predicted molar refractivity (Wildman–Crippen MR) is 82.4 cm³/mol. The zero-order valence-corrected chi connectivity index (χ0v) is 17.6. The molecule has 0 unspecified atom stereocenters. The Kier molecular flexibility index (Phi) is 9.55. The van der Waals surface area contributed by atoms with Crippen molar-refractivity contribution in [3.63, 3.8) is 0 Å². The number of benzene rings is 1. The first-order valence-corrected chi connectivity index (χ1v) is 8.24. The number of carboxylic acid groups (broad SMARTS) is 1. The quantitative estimate of drug-likeness (QED) is 0.427. The summed E-state index contributed by atoms with van der Waals surface area (Å²) in [6.45, 7) is 12.4. The Morgan fingerprint density at radius 3 is 1.65 bits per heavy atom. The van der Waals surface area contributed by atoms with E-state index in [1.54, 1.807) is 6.07 Å². The van der Waals surface area contributed by atoms with Crippen molar-refractivity contribution < 1.29 is 58.7 Å². The zero-order chi connectivity index (χ0) is 17.9. The van der Waals surface area contributed by atoms with Gasteiger partial charge in [0.15, 0.2) is 0 Å². The summed E-state index contributed by atoms with van der Waals surface area (Å²) in [6.07, 6.45) is 0. The molecule has 1 aromatic carbocycles. The van der Waals surface area contributed by atoms with Gasteiger partial charge in [0.1, 0.15) is 0 Å². The minimum Gasteiger partial charge on any atom is -0.545 e. The summed E-state index contributed by atoms with van der Waals surface area (Å²) in [5.41, 5.74) is 2.10. The summed E-state index contributed by atoms with van der Waals surface area (Å²) in [7, 11) is -4.64. The number of hydrogen-bond donors (Lipinski definition) is 3. The van der Waals surface area contributed by atoms with Gasteiger partial charge in [0.2, 0.25) is 0 Å². The van der Waals surface area contributed by atoms with E-state index in [1.165, 1.54) is 0 Å². The van der Waals surface area contributed by atoms with Crippen molar-refractivity contribution in [2.45, 2.75) is 52.4 Å². The molecule has 0 atom stereocenters. The summed E-state index contributed by atoms with van der Waals surface area (Å²) < 4.78 is 8.88. The van der Waals surface area contributed by atoms with Gasteiger partial charge in [-0.05, 0) is 22.0 Å².